The molecule has 1 fully saturated rings. The number of rotatable bonds is 6. The minimum atomic E-state index is -4.50. The largest absolute Gasteiger partial charge is 0.491 e. The number of amides is 2. The Morgan fingerprint density at radius 2 is 1.97 bits per heavy atom. The monoisotopic (exact) mass is 406 g/mol. The Morgan fingerprint density at radius 1 is 1.21 bits per heavy atom. The number of nitrogens with one attached hydrogen (secondary N) is 1. The summed E-state index contributed by atoms with van der Waals surface area (Å²) in [6, 6.07) is 11.5. The molecule has 1 aliphatic heterocycles. The fourth-order valence-corrected chi connectivity index (χ4v) is 3.13. The molecule has 1 saturated heterocycles. The molecule has 0 bridgehead atoms. The number of carbonyl (C=O) groups is 2. The van der Waals surface area contributed by atoms with E-state index in [1.807, 2.05) is 6.92 Å². The average molecular weight is 406 g/mol. The lowest BCUT2D eigenvalue weighted by molar-refractivity contribution is -0.137. The molecular weight excluding hydrogens is 385 g/mol. The van der Waals surface area contributed by atoms with E-state index < -0.39 is 17.7 Å². The summed E-state index contributed by atoms with van der Waals surface area (Å²) >= 11 is 0. The van der Waals surface area contributed by atoms with Gasteiger partial charge in [-0.3, -0.25) is 9.59 Å². The van der Waals surface area contributed by atoms with E-state index in [1.54, 1.807) is 24.3 Å². The SMILES string of the molecule is CCCOc1ccccc1NC(=O)C1CC(=O)N(c2cccc(C(F)(F)F)c2)C1. The zero-order valence-electron chi connectivity index (χ0n) is 15.8. The van der Waals surface area contributed by atoms with E-state index in [-0.39, 0.29) is 30.5 Å². The van der Waals surface area contributed by atoms with Crippen molar-refractivity contribution in [1.82, 2.24) is 0 Å². The second kappa shape index (κ2) is 8.55. The topological polar surface area (TPSA) is 58.6 Å². The highest BCUT2D eigenvalue weighted by atomic mass is 19.4. The van der Waals surface area contributed by atoms with E-state index in [1.165, 1.54) is 17.0 Å². The molecule has 0 radical (unpaired) electrons. The van der Waals surface area contributed by atoms with Gasteiger partial charge in [0.1, 0.15) is 5.75 Å². The van der Waals surface area contributed by atoms with Gasteiger partial charge in [0.25, 0.3) is 0 Å². The van der Waals surface area contributed by atoms with Gasteiger partial charge in [-0.05, 0) is 36.8 Å². The number of anilines is 2. The van der Waals surface area contributed by atoms with Crippen molar-refractivity contribution in [2.45, 2.75) is 25.9 Å². The van der Waals surface area contributed by atoms with Gasteiger partial charge in [0, 0.05) is 18.7 Å². The van der Waals surface area contributed by atoms with Crippen LogP contribution < -0.4 is 15.0 Å². The molecule has 1 atom stereocenters. The Kier molecular flexibility index (Phi) is 6.10. The second-order valence-electron chi connectivity index (χ2n) is 6.79. The van der Waals surface area contributed by atoms with Crippen LogP contribution in [0, 0.1) is 5.92 Å². The van der Waals surface area contributed by atoms with Crippen LogP contribution in [0.1, 0.15) is 25.3 Å². The predicted octanol–water partition coefficient (Wildman–Crippen LogP) is 4.49. The third-order valence-electron chi connectivity index (χ3n) is 4.59. The molecule has 2 aromatic carbocycles. The molecule has 1 N–H and O–H groups in total. The molecule has 2 amide bonds. The van der Waals surface area contributed by atoms with E-state index in [9.17, 15) is 22.8 Å². The van der Waals surface area contributed by atoms with Crippen molar-refractivity contribution in [3.63, 3.8) is 0 Å². The van der Waals surface area contributed by atoms with Gasteiger partial charge < -0.3 is 15.0 Å². The number of hydrogen-bond acceptors (Lipinski definition) is 3. The molecule has 154 valence electrons. The van der Waals surface area contributed by atoms with Crippen molar-refractivity contribution >= 4 is 23.2 Å². The van der Waals surface area contributed by atoms with E-state index in [4.69, 9.17) is 4.74 Å². The number of hydrogen-bond donors (Lipinski definition) is 1. The Labute approximate surface area is 166 Å². The summed E-state index contributed by atoms with van der Waals surface area (Å²) < 4.78 is 44.4. The van der Waals surface area contributed by atoms with Gasteiger partial charge in [0.05, 0.1) is 23.8 Å². The summed E-state index contributed by atoms with van der Waals surface area (Å²) in [6.45, 7) is 2.48. The normalized spacial score (nSPS) is 16.8. The molecule has 0 aliphatic carbocycles. The van der Waals surface area contributed by atoms with Crippen LogP contribution in [0.5, 0.6) is 5.75 Å². The standard InChI is InChI=1S/C21H21F3N2O3/c1-2-10-29-18-9-4-3-8-17(18)25-20(28)14-11-19(27)26(13-14)16-7-5-6-15(12-16)21(22,23)24/h3-9,12,14H,2,10-11,13H2,1H3,(H,25,28). The van der Waals surface area contributed by atoms with Gasteiger partial charge in [0.2, 0.25) is 11.8 Å². The Bertz CT molecular complexity index is 899. The molecule has 0 aromatic heterocycles. The van der Waals surface area contributed by atoms with Crippen molar-refractivity contribution in [2.24, 2.45) is 5.92 Å². The maximum atomic E-state index is 12.9. The number of benzene rings is 2. The van der Waals surface area contributed by atoms with Crippen molar-refractivity contribution in [3.05, 3.63) is 54.1 Å². The third kappa shape index (κ3) is 4.88. The predicted molar refractivity (Wildman–Crippen MR) is 103 cm³/mol. The molecule has 8 heteroatoms. The molecule has 1 unspecified atom stereocenters. The van der Waals surface area contributed by atoms with Crippen LogP contribution in [-0.4, -0.2) is 25.0 Å². The minimum absolute atomic E-state index is 0.0178. The first kappa shape index (κ1) is 20.7. The smallest absolute Gasteiger partial charge is 0.416 e. The van der Waals surface area contributed by atoms with Crippen molar-refractivity contribution in [3.8, 4) is 5.75 Å². The highest BCUT2D eigenvalue weighted by molar-refractivity contribution is 6.03. The van der Waals surface area contributed by atoms with Gasteiger partial charge in [-0.15, -0.1) is 0 Å². The van der Waals surface area contributed by atoms with E-state index >= 15 is 0 Å². The maximum absolute atomic E-state index is 12.9. The number of ether oxygens (including phenoxy) is 1. The molecule has 1 aliphatic rings. The summed E-state index contributed by atoms with van der Waals surface area (Å²) in [6.07, 6.45) is -3.76. The molecule has 2 aromatic rings. The zero-order valence-corrected chi connectivity index (χ0v) is 15.8. The first-order valence-electron chi connectivity index (χ1n) is 9.30. The number of nitrogens with zero attached hydrogens (tertiary/aromatic N) is 1. The summed E-state index contributed by atoms with van der Waals surface area (Å²) in [7, 11) is 0. The number of carbonyl (C=O) groups excluding carboxylic acids is 2. The Balaban J connectivity index is 1.72. The molecule has 1 heterocycles. The van der Waals surface area contributed by atoms with Crippen molar-refractivity contribution < 1.29 is 27.5 Å². The van der Waals surface area contributed by atoms with Crippen LogP contribution >= 0.6 is 0 Å². The number of para-hydroxylation sites is 2. The van der Waals surface area contributed by atoms with Crippen LogP contribution in [0.4, 0.5) is 24.5 Å². The van der Waals surface area contributed by atoms with E-state index in [2.05, 4.69) is 5.32 Å². The lowest BCUT2D eigenvalue weighted by Gasteiger charge is -2.18. The highest BCUT2D eigenvalue weighted by Crippen LogP contribution is 2.34. The van der Waals surface area contributed by atoms with Crippen LogP contribution in [0.3, 0.4) is 0 Å². The third-order valence-corrected chi connectivity index (χ3v) is 4.59. The Hall–Kier alpha value is -3.03. The lowest BCUT2D eigenvalue weighted by Crippen LogP contribution is -2.28. The first-order chi connectivity index (χ1) is 13.8. The molecule has 0 saturated carbocycles. The molecule has 29 heavy (non-hydrogen) atoms. The highest BCUT2D eigenvalue weighted by Gasteiger charge is 2.37. The quantitative estimate of drug-likeness (QED) is 0.769. The van der Waals surface area contributed by atoms with Gasteiger partial charge in [-0.25, -0.2) is 0 Å². The number of alkyl halides is 3. The molecule has 5 nitrogen and oxygen atoms in total. The van der Waals surface area contributed by atoms with Crippen molar-refractivity contribution in [1.29, 1.82) is 0 Å². The van der Waals surface area contributed by atoms with Crippen molar-refractivity contribution in [2.75, 3.05) is 23.4 Å². The summed E-state index contributed by atoms with van der Waals surface area (Å²) in [5, 5.41) is 2.77. The van der Waals surface area contributed by atoms with E-state index in [0.29, 0.717) is 18.0 Å². The lowest BCUT2D eigenvalue weighted by atomic mass is 10.1. The molecule has 3 rings (SSSR count). The number of halogens is 3. The molecule has 0 spiro atoms. The van der Waals surface area contributed by atoms with Gasteiger partial charge in [-0.1, -0.05) is 25.1 Å². The minimum Gasteiger partial charge on any atom is -0.491 e. The van der Waals surface area contributed by atoms with Crippen LogP contribution in [-0.2, 0) is 15.8 Å². The fourth-order valence-electron chi connectivity index (χ4n) is 3.13. The summed E-state index contributed by atoms with van der Waals surface area (Å²) in [5.74, 6) is -0.904. The van der Waals surface area contributed by atoms with Crippen LogP contribution in [0.25, 0.3) is 0 Å². The van der Waals surface area contributed by atoms with Gasteiger partial charge in [0.15, 0.2) is 0 Å². The van der Waals surface area contributed by atoms with Gasteiger partial charge >= 0.3 is 6.18 Å². The fraction of sp³-hybridized carbons (Fsp3) is 0.333. The summed E-state index contributed by atoms with van der Waals surface area (Å²) in [4.78, 5) is 26.2. The average Bonchev–Trinajstić information content (AvgIpc) is 3.08. The first-order valence-corrected chi connectivity index (χ1v) is 9.30. The maximum Gasteiger partial charge on any atom is 0.416 e. The zero-order chi connectivity index (χ0) is 21.0. The van der Waals surface area contributed by atoms with Crippen LogP contribution in [0.2, 0.25) is 0 Å². The van der Waals surface area contributed by atoms with Crippen LogP contribution in [0.15, 0.2) is 48.5 Å². The second-order valence-corrected chi connectivity index (χ2v) is 6.79. The van der Waals surface area contributed by atoms with E-state index in [0.717, 1.165) is 18.6 Å². The summed E-state index contributed by atoms with van der Waals surface area (Å²) in [5.41, 5.74) is -0.208. The van der Waals surface area contributed by atoms with Gasteiger partial charge in [-0.2, -0.15) is 13.2 Å². The Morgan fingerprint density at radius 3 is 2.69 bits per heavy atom. The molecular formula is C21H21F3N2O3.